The lowest BCUT2D eigenvalue weighted by Crippen LogP contribution is -2.52. The number of halogens is 1. The molecule has 390 valence electrons. The molecule has 3 aromatic rings. The van der Waals surface area contributed by atoms with Crippen molar-refractivity contribution in [1.29, 1.82) is 0 Å². The third kappa shape index (κ3) is 15.9. The van der Waals surface area contributed by atoms with E-state index < -0.39 is 87.9 Å². The van der Waals surface area contributed by atoms with E-state index in [1.807, 2.05) is 9.44 Å². The molecule has 0 aromatic carbocycles. The maximum atomic E-state index is 12.6. The molecule has 0 radical (unpaired) electrons. The summed E-state index contributed by atoms with van der Waals surface area (Å²) in [5.74, 6) is -3.43. The quantitative estimate of drug-likeness (QED) is 0.117. The minimum atomic E-state index is -4.14. The molecule has 3 fully saturated rings. The first-order valence-electron chi connectivity index (χ1n) is 20.4. The number of nitrogens with one attached hydrogen (secondary N) is 4. The molecule has 0 spiro atoms. The van der Waals surface area contributed by atoms with Gasteiger partial charge in [-0.1, -0.05) is 18.2 Å². The van der Waals surface area contributed by atoms with Crippen molar-refractivity contribution < 1.29 is 63.8 Å². The number of ether oxygens (including phenoxy) is 2. The molecule has 0 unspecified atom stereocenters. The van der Waals surface area contributed by atoms with Crippen molar-refractivity contribution in [1.82, 2.24) is 48.7 Å². The number of primary sulfonamides is 1. The standard InChI is InChI=1S/C15H22N4O5S.C11H17NO4.C10H14N4O3S.C4H7N3O2S.ClH/c1-6-10-7-15(10,17-13(21)24-14(2,3)4)12(20)18-25(22,23)11-8-19(5)9-16-11;1-5-7-6-11(7,8(13)14)12-9(15)16-10(2,3)4;1-3-7-4-10(7,11)9(15)13-18(16,17)8-5-14(2)6-12-8;1-7-2-4(6-3-7)10(5,8)9;/h6,8-10H,1,7H2,2-5H3,(H,17,21)(H,18,20);5,7H,1,6H2,2-4H3,(H,12,15)(H,13,14);3,5-7H,1,4,11H2,2H3,(H,13,15);2-3H,1H3,(H2,5,8,9);1H/t10-,15-;7-,11-;7-,10-;;/m111../s1. The highest BCUT2D eigenvalue weighted by molar-refractivity contribution is 7.90. The fraction of sp³-hybridized carbons (Fsp3) is 0.500. The SMILES string of the molecule is C=C[C@@H]1C[C@]1(N)C(=O)NS(=O)(=O)c1cn(C)cn1.C=C[C@@H]1C[C@]1(NC(=O)OC(C)(C)C)C(=O)NS(=O)(=O)c1cn(C)cn1.C=C[C@@H]1C[C@]1(NC(=O)OC(C)(C)C)C(=O)O.Cl.Cn1cnc(S(N)(=O)=O)c1. The molecule has 70 heavy (non-hydrogen) atoms. The molecule has 6 atom stereocenters. The van der Waals surface area contributed by atoms with Crippen molar-refractivity contribution >= 4 is 72.4 Å². The number of aryl methyl sites for hydroxylation is 3. The predicted octanol–water partition coefficient (Wildman–Crippen LogP) is 0.853. The zero-order valence-electron chi connectivity index (χ0n) is 39.9. The number of alkyl carbamates (subject to hydrolysis) is 2. The van der Waals surface area contributed by atoms with Gasteiger partial charge in [0.25, 0.3) is 41.9 Å². The van der Waals surface area contributed by atoms with Crippen LogP contribution in [0.15, 0.2) is 90.6 Å². The van der Waals surface area contributed by atoms with Crippen LogP contribution in [0.4, 0.5) is 9.59 Å². The van der Waals surface area contributed by atoms with E-state index >= 15 is 0 Å². The number of aromatic nitrogens is 6. The summed E-state index contributed by atoms with van der Waals surface area (Å²) >= 11 is 0. The number of hydrogen-bond donors (Lipinski definition) is 7. The van der Waals surface area contributed by atoms with Crippen molar-refractivity contribution in [2.75, 3.05) is 0 Å². The van der Waals surface area contributed by atoms with E-state index in [1.165, 1.54) is 63.4 Å². The molecule has 3 aliphatic carbocycles. The molecule has 3 aliphatic rings. The number of carboxylic acid groups (broad SMARTS) is 1. The third-order valence-electron chi connectivity index (χ3n) is 9.94. The molecule has 30 heteroatoms. The summed E-state index contributed by atoms with van der Waals surface area (Å²) in [5.41, 5.74) is 0.598. The summed E-state index contributed by atoms with van der Waals surface area (Å²) in [5, 5.41) is 18.1. The molecule has 6 rings (SSSR count). The van der Waals surface area contributed by atoms with Crippen LogP contribution < -0.4 is 31.0 Å². The van der Waals surface area contributed by atoms with Crippen molar-refractivity contribution in [2.45, 2.75) is 104 Å². The molecule has 3 saturated carbocycles. The molecular weight excluding hydrogens is 1000 g/mol. The van der Waals surface area contributed by atoms with E-state index in [2.05, 4.69) is 45.3 Å². The van der Waals surface area contributed by atoms with Crippen molar-refractivity contribution in [3.8, 4) is 0 Å². The third-order valence-corrected chi connectivity index (χ3v) is 13.2. The van der Waals surface area contributed by atoms with Crippen molar-refractivity contribution in [3.63, 3.8) is 0 Å². The van der Waals surface area contributed by atoms with Crippen LogP contribution in [-0.2, 0) is 75.1 Å². The smallest absolute Gasteiger partial charge is 0.408 e. The van der Waals surface area contributed by atoms with Gasteiger partial charge in [-0.25, -0.2) is 52.3 Å². The second-order valence-corrected chi connectivity index (χ2v) is 23.0. The van der Waals surface area contributed by atoms with Crippen molar-refractivity contribution in [2.24, 2.45) is 49.8 Å². The summed E-state index contributed by atoms with van der Waals surface area (Å²) in [6, 6.07) is 0. The van der Waals surface area contributed by atoms with Gasteiger partial charge in [-0.3, -0.25) is 9.59 Å². The summed E-state index contributed by atoms with van der Waals surface area (Å²) < 4.78 is 87.8. The number of carboxylic acids is 1. The van der Waals surface area contributed by atoms with Crippen LogP contribution in [0.3, 0.4) is 0 Å². The second-order valence-electron chi connectivity index (χ2n) is 18.2. The zero-order chi connectivity index (χ0) is 52.9. The number of nitrogens with zero attached hydrogens (tertiary/aromatic N) is 6. The van der Waals surface area contributed by atoms with E-state index in [1.54, 1.807) is 68.8 Å². The Kier molecular flexibility index (Phi) is 18.7. The highest BCUT2D eigenvalue weighted by Crippen LogP contribution is 2.46. The van der Waals surface area contributed by atoms with Crippen LogP contribution in [0.1, 0.15) is 60.8 Å². The Morgan fingerprint density at radius 1 is 0.657 bits per heavy atom. The normalized spacial score (nSPS) is 23.1. The number of aliphatic carboxylic acids is 1. The number of rotatable bonds is 13. The largest absolute Gasteiger partial charge is 0.479 e. The number of carbonyl (C=O) groups is 5. The first kappa shape index (κ1) is 60.0. The van der Waals surface area contributed by atoms with Gasteiger partial charge >= 0.3 is 18.2 Å². The lowest BCUT2D eigenvalue weighted by molar-refractivity contribution is -0.141. The predicted molar refractivity (Wildman–Crippen MR) is 253 cm³/mol. The van der Waals surface area contributed by atoms with Crippen LogP contribution in [-0.4, -0.2) is 117 Å². The molecule has 4 amide bonds. The van der Waals surface area contributed by atoms with Gasteiger partial charge in [0.2, 0.25) is 0 Å². The first-order valence-corrected chi connectivity index (χ1v) is 24.9. The van der Waals surface area contributed by atoms with Crippen LogP contribution in [0.2, 0.25) is 0 Å². The Hall–Kier alpha value is -6.14. The van der Waals surface area contributed by atoms with Gasteiger partial charge in [-0.05, 0) is 60.8 Å². The average molecular weight is 1070 g/mol. The molecule has 26 nitrogen and oxygen atoms in total. The molecular formula is C40H61ClN12O14S3. The zero-order valence-corrected chi connectivity index (χ0v) is 43.2. The van der Waals surface area contributed by atoms with Crippen LogP contribution >= 0.6 is 12.4 Å². The Labute approximate surface area is 412 Å². The number of nitrogens with two attached hydrogens (primary N) is 2. The number of imidazole rings is 3. The fourth-order valence-electron chi connectivity index (χ4n) is 6.01. The average Bonchev–Trinajstić information content (AvgIpc) is 4.06. The summed E-state index contributed by atoms with van der Waals surface area (Å²) in [7, 11) is -6.81. The molecule has 0 bridgehead atoms. The highest BCUT2D eigenvalue weighted by Gasteiger charge is 2.62. The first-order chi connectivity index (χ1) is 31.4. The van der Waals surface area contributed by atoms with E-state index in [0.717, 1.165) is 0 Å². The highest BCUT2D eigenvalue weighted by atomic mass is 35.5. The monoisotopic (exact) mass is 1060 g/mol. The van der Waals surface area contributed by atoms with Crippen LogP contribution in [0.25, 0.3) is 0 Å². The molecule has 3 aromatic heterocycles. The van der Waals surface area contributed by atoms with Gasteiger partial charge in [-0.2, -0.15) is 16.8 Å². The Morgan fingerprint density at radius 2 is 1.00 bits per heavy atom. The van der Waals surface area contributed by atoms with Gasteiger partial charge in [0.15, 0.2) is 15.1 Å². The van der Waals surface area contributed by atoms with Gasteiger partial charge in [0, 0.05) is 57.5 Å². The van der Waals surface area contributed by atoms with Gasteiger partial charge < -0.3 is 44.6 Å². The fourth-order valence-corrected chi connectivity index (χ4v) is 8.57. The summed E-state index contributed by atoms with van der Waals surface area (Å²) in [6.45, 7) is 20.9. The van der Waals surface area contributed by atoms with E-state index in [4.69, 9.17) is 25.5 Å². The van der Waals surface area contributed by atoms with E-state index in [-0.39, 0.29) is 51.7 Å². The Bertz CT molecular complexity index is 2820. The lowest BCUT2D eigenvalue weighted by atomic mass is 10.2. The number of sulfonamides is 3. The molecule has 9 N–H and O–H groups in total. The minimum absolute atomic E-state index is 0. The second kappa shape index (κ2) is 21.9. The lowest BCUT2D eigenvalue weighted by Gasteiger charge is -2.23. The maximum absolute atomic E-state index is 12.6. The topological polar surface area (TPSA) is 380 Å². The number of amides is 4. The van der Waals surface area contributed by atoms with Crippen LogP contribution in [0, 0.1) is 17.8 Å². The van der Waals surface area contributed by atoms with Crippen LogP contribution in [0.5, 0.6) is 0 Å². The van der Waals surface area contributed by atoms with Crippen molar-refractivity contribution in [3.05, 3.63) is 75.5 Å². The molecule has 0 saturated heterocycles. The van der Waals surface area contributed by atoms with E-state index in [0.29, 0.717) is 12.8 Å². The maximum Gasteiger partial charge on any atom is 0.408 e. The molecule has 0 aliphatic heterocycles. The Morgan fingerprint density at radius 3 is 1.27 bits per heavy atom. The van der Waals surface area contributed by atoms with Gasteiger partial charge in [0.1, 0.15) is 27.8 Å². The number of carbonyl (C=O) groups excluding carboxylic acids is 4. The minimum Gasteiger partial charge on any atom is -0.479 e. The van der Waals surface area contributed by atoms with Gasteiger partial charge in [0.05, 0.1) is 19.0 Å². The van der Waals surface area contributed by atoms with E-state index in [9.17, 15) is 49.2 Å². The molecule has 3 heterocycles. The van der Waals surface area contributed by atoms with Gasteiger partial charge in [-0.15, -0.1) is 32.1 Å². The Balaban J connectivity index is 0.000000333. The summed E-state index contributed by atoms with van der Waals surface area (Å²) in [6.07, 6.45) is 12.0. The summed E-state index contributed by atoms with van der Waals surface area (Å²) in [4.78, 5) is 69.8. The number of hydrogen-bond acceptors (Lipinski definition) is 17.